The predicted octanol–water partition coefficient (Wildman–Crippen LogP) is 0.0565. The average molecular weight is 256 g/mol. The van der Waals surface area contributed by atoms with Gasteiger partial charge >= 0.3 is 7.12 Å². The molecule has 0 saturated heterocycles. The van der Waals surface area contributed by atoms with E-state index in [1.54, 1.807) is 13.8 Å². The molecule has 0 aliphatic heterocycles. The number of halogens is 1. The van der Waals surface area contributed by atoms with E-state index >= 15 is 0 Å². The second kappa shape index (κ2) is 4.83. The van der Waals surface area contributed by atoms with E-state index in [1.807, 2.05) is 0 Å². The summed E-state index contributed by atoms with van der Waals surface area (Å²) in [7, 11) is -1.53. The third-order valence-corrected chi connectivity index (χ3v) is 3.05. The van der Waals surface area contributed by atoms with Gasteiger partial charge in [0.15, 0.2) is 0 Å². The van der Waals surface area contributed by atoms with Crippen molar-refractivity contribution in [2.75, 3.05) is 5.73 Å². The summed E-state index contributed by atoms with van der Waals surface area (Å²) in [6, 6.07) is 1.19. The summed E-state index contributed by atoms with van der Waals surface area (Å²) in [6.07, 6.45) is 0.911. The molecule has 0 aliphatic carbocycles. The maximum absolute atomic E-state index is 13.5. The van der Waals surface area contributed by atoms with Crippen LogP contribution < -0.4 is 11.2 Å². The molecule has 0 atom stereocenters. The molecule has 0 aromatic carbocycles. The largest absolute Gasteiger partial charge is 0.494 e. The lowest BCUT2D eigenvalue weighted by atomic mass is 9.76. The Labute approximate surface area is 106 Å². The standard InChI is InChI=1S/C11H18BFN2O3/c1-10(2,16)11(3,4)18-12(17)7-5-9(14)15-6-8(7)13/h5-6,16-17H,1-4H3,(H2,14,15). The van der Waals surface area contributed by atoms with Crippen molar-refractivity contribution < 1.29 is 19.2 Å². The van der Waals surface area contributed by atoms with Crippen LogP contribution in [0.3, 0.4) is 0 Å². The van der Waals surface area contributed by atoms with Gasteiger partial charge in [0.1, 0.15) is 11.6 Å². The van der Waals surface area contributed by atoms with Crippen LogP contribution in [0.1, 0.15) is 27.7 Å². The maximum Gasteiger partial charge on any atom is 0.494 e. The van der Waals surface area contributed by atoms with Crippen molar-refractivity contribution in [2.45, 2.75) is 38.9 Å². The molecule has 1 aromatic rings. The van der Waals surface area contributed by atoms with Crippen molar-refractivity contribution in [3.05, 3.63) is 18.1 Å². The van der Waals surface area contributed by atoms with Gasteiger partial charge in [-0.2, -0.15) is 0 Å². The molecular formula is C11H18BFN2O3. The molecule has 0 radical (unpaired) electrons. The first kappa shape index (κ1) is 14.9. The van der Waals surface area contributed by atoms with Crippen LogP contribution in [0.5, 0.6) is 0 Å². The molecule has 1 aromatic heterocycles. The van der Waals surface area contributed by atoms with E-state index in [9.17, 15) is 14.5 Å². The number of nitrogens with zero attached hydrogens (tertiary/aromatic N) is 1. The Morgan fingerprint density at radius 3 is 2.44 bits per heavy atom. The highest BCUT2D eigenvalue weighted by molar-refractivity contribution is 6.60. The van der Waals surface area contributed by atoms with Crippen molar-refractivity contribution in [1.29, 1.82) is 0 Å². The third kappa shape index (κ3) is 3.19. The zero-order valence-corrected chi connectivity index (χ0v) is 10.9. The SMILES string of the molecule is CC(C)(O)C(C)(C)OB(O)c1cc(N)ncc1F. The minimum Gasteiger partial charge on any atom is -0.423 e. The minimum atomic E-state index is -1.53. The molecule has 1 heterocycles. The molecule has 7 heteroatoms. The van der Waals surface area contributed by atoms with Crippen molar-refractivity contribution in [3.63, 3.8) is 0 Å². The van der Waals surface area contributed by atoms with E-state index in [0.29, 0.717) is 0 Å². The summed E-state index contributed by atoms with van der Waals surface area (Å²) < 4.78 is 18.8. The number of hydrogen-bond donors (Lipinski definition) is 3. The molecule has 0 unspecified atom stereocenters. The van der Waals surface area contributed by atoms with Crippen LogP contribution in [0.2, 0.25) is 0 Å². The van der Waals surface area contributed by atoms with Gasteiger partial charge in [-0.1, -0.05) is 0 Å². The molecule has 5 nitrogen and oxygen atoms in total. The van der Waals surface area contributed by atoms with E-state index in [4.69, 9.17) is 10.4 Å². The molecule has 0 fully saturated rings. The van der Waals surface area contributed by atoms with Crippen LogP contribution in [0.15, 0.2) is 12.3 Å². The Balaban J connectivity index is 2.95. The maximum atomic E-state index is 13.5. The predicted molar refractivity (Wildman–Crippen MR) is 67.7 cm³/mol. The van der Waals surface area contributed by atoms with Gasteiger partial charge in [0.2, 0.25) is 0 Å². The molecular weight excluding hydrogens is 238 g/mol. The first-order valence-electron chi connectivity index (χ1n) is 5.54. The third-order valence-electron chi connectivity index (χ3n) is 3.05. The molecule has 0 spiro atoms. The number of nitrogens with two attached hydrogens (primary N) is 1. The number of hydrogen-bond acceptors (Lipinski definition) is 5. The number of aromatic nitrogens is 1. The fourth-order valence-electron chi connectivity index (χ4n) is 1.15. The van der Waals surface area contributed by atoms with Gasteiger partial charge < -0.3 is 20.5 Å². The summed E-state index contributed by atoms with van der Waals surface area (Å²) in [5, 5.41) is 19.8. The van der Waals surface area contributed by atoms with Gasteiger partial charge in [-0.15, -0.1) is 0 Å². The normalized spacial score (nSPS) is 12.6. The zero-order chi connectivity index (χ0) is 14.1. The highest BCUT2D eigenvalue weighted by Crippen LogP contribution is 2.25. The van der Waals surface area contributed by atoms with E-state index in [-0.39, 0.29) is 11.3 Å². The summed E-state index contributed by atoms with van der Waals surface area (Å²) >= 11 is 0. The highest BCUT2D eigenvalue weighted by Gasteiger charge is 2.40. The smallest absolute Gasteiger partial charge is 0.423 e. The molecule has 0 amide bonds. The van der Waals surface area contributed by atoms with Crippen LogP contribution in [0.25, 0.3) is 0 Å². The Bertz CT molecular complexity index is 435. The Hall–Kier alpha value is -1.18. The summed E-state index contributed by atoms with van der Waals surface area (Å²) in [6.45, 7) is 6.27. The van der Waals surface area contributed by atoms with E-state index in [2.05, 4.69) is 4.98 Å². The van der Waals surface area contributed by atoms with Crippen molar-refractivity contribution in [2.24, 2.45) is 0 Å². The first-order valence-corrected chi connectivity index (χ1v) is 5.54. The minimum absolute atomic E-state index is 0.0788. The second-order valence-electron chi connectivity index (χ2n) is 5.17. The van der Waals surface area contributed by atoms with Gasteiger partial charge in [0.05, 0.1) is 17.4 Å². The molecule has 1 rings (SSSR count). The topological polar surface area (TPSA) is 88.6 Å². The molecule has 0 saturated carbocycles. The van der Waals surface area contributed by atoms with Crippen LogP contribution in [-0.2, 0) is 4.65 Å². The molecule has 18 heavy (non-hydrogen) atoms. The van der Waals surface area contributed by atoms with E-state index in [1.165, 1.54) is 19.9 Å². The molecule has 0 aliphatic rings. The van der Waals surface area contributed by atoms with Gasteiger partial charge in [-0.25, -0.2) is 9.37 Å². The van der Waals surface area contributed by atoms with Crippen molar-refractivity contribution >= 4 is 18.4 Å². The Morgan fingerprint density at radius 1 is 1.39 bits per heavy atom. The monoisotopic (exact) mass is 256 g/mol. The highest BCUT2D eigenvalue weighted by atomic mass is 19.1. The fraction of sp³-hybridized carbons (Fsp3) is 0.545. The Morgan fingerprint density at radius 2 is 1.94 bits per heavy atom. The van der Waals surface area contributed by atoms with E-state index < -0.39 is 24.1 Å². The van der Waals surface area contributed by atoms with E-state index in [0.717, 1.165) is 6.20 Å². The lowest BCUT2D eigenvalue weighted by molar-refractivity contribution is -0.0983. The molecule has 0 bridgehead atoms. The lowest BCUT2D eigenvalue weighted by Gasteiger charge is -2.38. The number of rotatable bonds is 4. The second-order valence-corrected chi connectivity index (χ2v) is 5.17. The van der Waals surface area contributed by atoms with Gasteiger partial charge in [0, 0.05) is 5.46 Å². The van der Waals surface area contributed by atoms with Crippen LogP contribution >= 0.6 is 0 Å². The number of nitrogen functional groups attached to an aromatic ring is 1. The quantitative estimate of drug-likeness (QED) is 0.663. The number of pyridine rings is 1. The lowest BCUT2D eigenvalue weighted by Crippen LogP contribution is -2.53. The molecule has 4 N–H and O–H groups in total. The van der Waals surface area contributed by atoms with Gasteiger partial charge in [-0.3, -0.25) is 0 Å². The zero-order valence-electron chi connectivity index (χ0n) is 10.9. The fourth-order valence-corrected chi connectivity index (χ4v) is 1.15. The summed E-state index contributed by atoms with van der Waals surface area (Å²) in [4.78, 5) is 3.55. The van der Waals surface area contributed by atoms with Gasteiger partial charge in [0.25, 0.3) is 0 Å². The van der Waals surface area contributed by atoms with Gasteiger partial charge in [-0.05, 0) is 33.8 Å². The van der Waals surface area contributed by atoms with Crippen molar-refractivity contribution in [1.82, 2.24) is 4.98 Å². The van der Waals surface area contributed by atoms with Crippen LogP contribution in [-0.4, -0.2) is 33.4 Å². The van der Waals surface area contributed by atoms with Crippen molar-refractivity contribution in [3.8, 4) is 0 Å². The number of aliphatic hydroxyl groups is 1. The molecule has 100 valence electrons. The first-order chi connectivity index (χ1) is 8.04. The van der Waals surface area contributed by atoms with Crippen LogP contribution in [0, 0.1) is 5.82 Å². The average Bonchev–Trinajstić information content (AvgIpc) is 2.19. The number of anilines is 1. The van der Waals surface area contributed by atoms with Crippen LogP contribution in [0.4, 0.5) is 10.2 Å². The summed E-state index contributed by atoms with van der Waals surface area (Å²) in [5.74, 6) is -0.640. The Kier molecular flexibility index (Phi) is 4.00. The summed E-state index contributed by atoms with van der Waals surface area (Å²) in [5.41, 5.74) is 3.03.